The molecule has 116 valence electrons. The lowest BCUT2D eigenvalue weighted by Gasteiger charge is -2.42. The molecule has 1 saturated heterocycles. The molecule has 0 saturated carbocycles. The summed E-state index contributed by atoms with van der Waals surface area (Å²) in [5, 5.41) is 0. The van der Waals surface area contributed by atoms with Crippen LogP contribution in [-0.2, 0) is 14.3 Å². The number of rotatable bonds is 2. The number of carbonyl (C=O) groups excluding carboxylic acids is 2. The van der Waals surface area contributed by atoms with Crippen LogP contribution < -0.4 is 0 Å². The van der Waals surface area contributed by atoms with Crippen molar-refractivity contribution < 1.29 is 19.1 Å². The summed E-state index contributed by atoms with van der Waals surface area (Å²) in [6.45, 7) is 10.3. The van der Waals surface area contributed by atoms with E-state index in [-0.39, 0.29) is 30.4 Å². The van der Waals surface area contributed by atoms with Crippen LogP contribution in [0.25, 0.3) is 0 Å². The predicted octanol–water partition coefficient (Wildman–Crippen LogP) is 2.83. The highest BCUT2D eigenvalue weighted by atomic mass is 16.6. The normalized spacial score (nSPS) is 27.1. The molecule has 0 aliphatic carbocycles. The molecular weight excluding hydrogens is 258 g/mol. The van der Waals surface area contributed by atoms with Gasteiger partial charge >= 0.3 is 12.1 Å². The number of nitrogens with zero attached hydrogens (tertiary/aromatic N) is 1. The van der Waals surface area contributed by atoms with Gasteiger partial charge in [-0.15, -0.1) is 0 Å². The van der Waals surface area contributed by atoms with E-state index in [1.165, 1.54) is 7.11 Å². The van der Waals surface area contributed by atoms with Crippen molar-refractivity contribution in [1.82, 2.24) is 4.90 Å². The average molecular weight is 285 g/mol. The van der Waals surface area contributed by atoms with E-state index in [1.54, 1.807) is 4.90 Å². The number of piperidine rings is 1. The summed E-state index contributed by atoms with van der Waals surface area (Å²) in [6, 6.07) is -0.145. The highest BCUT2D eigenvalue weighted by Gasteiger charge is 2.38. The molecule has 0 aromatic carbocycles. The number of hydrogen-bond donors (Lipinski definition) is 0. The third-order valence-electron chi connectivity index (χ3n) is 3.57. The zero-order chi connectivity index (χ0) is 15.5. The molecule has 1 aliphatic rings. The number of esters is 1. The van der Waals surface area contributed by atoms with Gasteiger partial charge in [0.15, 0.2) is 0 Å². The summed E-state index contributed by atoms with van der Waals surface area (Å²) in [5.74, 6) is 0.377. The molecule has 0 radical (unpaired) electrons. The molecule has 1 rings (SSSR count). The summed E-state index contributed by atoms with van der Waals surface area (Å²) >= 11 is 0. The number of ether oxygens (including phenoxy) is 2. The first-order chi connectivity index (χ1) is 9.14. The molecule has 0 aromatic heterocycles. The molecule has 0 N–H and O–H groups in total. The predicted molar refractivity (Wildman–Crippen MR) is 76.3 cm³/mol. The Kier molecular flexibility index (Phi) is 5.42. The lowest BCUT2D eigenvalue weighted by molar-refractivity contribution is -0.143. The van der Waals surface area contributed by atoms with Crippen LogP contribution in [0.3, 0.4) is 0 Å². The van der Waals surface area contributed by atoms with E-state index < -0.39 is 5.60 Å². The van der Waals surface area contributed by atoms with Crippen LogP contribution in [-0.4, -0.2) is 42.3 Å². The molecule has 0 bridgehead atoms. The number of hydrogen-bond acceptors (Lipinski definition) is 4. The van der Waals surface area contributed by atoms with E-state index in [9.17, 15) is 9.59 Å². The fourth-order valence-electron chi connectivity index (χ4n) is 2.74. The summed E-state index contributed by atoms with van der Waals surface area (Å²) in [7, 11) is 1.37. The molecule has 5 nitrogen and oxygen atoms in total. The Balaban J connectivity index is 2.85. The lowest BCUT2D eigenvalue weighted by Crippen LogP contribution is -2.52. The van der Waals surface area contributed by atoms with Gasteiger partial charge in [-0.2, -0.15) is 0 Å². The minimum Gasteiger partial charge on any atom is -0.469 e. The van der Waals surface area contributed by atoms with E-state index in [0.717, 1.165) is 6.42 Å². The Morgan fingerprint density at radius 2 is 1.85 bits per heavy atom. The van der Waals surface area contributed by atoms with Gasteiger partial charge in [0.2, 0.25) is 0 Å². The number of amides is 1. The first-order valence-electron chi connectivity index (χ1n) is 7.20. The largest absolute Gasteiger partial charge is 0.469 e. The van der Waals surface area contributed by atoms with Gasteiger partial charge in [0.1, 0.15) is 5.60 Å². The third-order valence-corrected chi connectivity index (χ3v) is 3.57. The van der Waals surface area contributed by atoms with Crippen molar-refractivity contribution in [3.05, 3.63) is 0 Å². The summed E-state index contributed by atoms with van der Waals surface area (Å²) in [5.41, 5.74) is -0.531. The van der Waals surface area contributed by atoms with E-state index >= 15 is 0 Å². The molecule has 1 heterocycles. The maximum absolute atomic E-state index is 12.3. The minimum absolute atomic E-state index is 0.145. The first kappa shape index (κ1) is 16.8. The van der Waals surface area contributed by atoms with Gasteiger partial charge in [0.25, 0.3) is 0 Å². The Hall–Kier alpha value is -1.26. The van der Waals surface area contributed by atoms with E-state index in [2.05, 4.69) is 13.8 Å². The third kappa shape index (κ3) is 4.69. The second-order valence-electron chi connectivity index (χ2n) is 6.80. The second kappa shape index (κ2) is 6.46. The highest BCUT2D eigenvalue weighted by molar-refractivity contribution is 5.73. The van der Waals surface area contributed by atoms with Gasteiger partial charge in [0, 0.05) is 12.6 Å². The quantitative estimate of drug-likeness (QED) is 0.732. The van der Waals surface area contributed by atoms with E-state index in [1.807, 2.05) is 20.8 Å². The summed E-state index contributed by atoms with van der Waals surface area (Å²) in [4.78, 5) is 25.6. The smallest absolute Gasteiger partial charge is 0.410 e. The Morgan fingerprint density at radius 1 is 1.25 bits per heavy atom. The lowest BCUT2D eigenvalue weighted by atomic mass is 9.84. The monoisotopic (exact) mass is 285 g/mol. The van der Waals surface area contributed by atoms with Gasteiger partial charge in [0.05, 0.1) is 13.5 Å². The Labute approximate surface area is 121 Å². The molecule has 3 atom stereocenters. The molecule has 1 aliphatic heterocycles. The van der Waals surface area contributed by atoms with Gasteiger partial charge in [-0.25, -0.2) is 4.79 Å². The van der Waals surface area contributed by atoms with Crippen molar-refractivity contribution in [3.63, 3.8) is 0 Å². The van der Waals surface area contributed by atoms with Crippen molar-refractivity contribution >= 4 is 12.1 Å². The van der Waals surface area contributed by atoms with Crippen molar-refractivity contribution in [2.24, 2.45) is 11.8 Å². The van der Waals surface area contributed by atoms with Crippen LogP contribution in [0.15, 0.2) is 0 Å². The van der Waals surface area contributed by atoms with Gasteiger partial charge in [-0.3, -0.25) is 4.79 Å². The zero-order valence-corrected chi connectivity index (χ0v) is 13.4. The minimum atomic E-state index is -0.531. The van der Waals surface area contributed by atoms with Crippen molar-refractivity contribution in [2.45, 2.75) is 59.1 Å². The maximum atomic E-state index is 12.3. The van der Waals surface area contributed by atoms with Crippen molar-refractivity contribution in [1.29, 1.82) is 0 Å². The van der Waals surface area contributed by atoms with Crippen LogP contribution >= 0.6 is 0 Å². The summed E-state index contributed by atoms with van der Waals surface area (Å²) < 4.78 is 10.2. The molecule has 20 heavy (non-hydrogen) atoms. The topological polar surface area (TPSA) is 55.8 Å². The van der Waals surface area contributed by atoms with Crippen molar-refractivity contribution in [3.8, 4) is 0 Å². The maximum Gasteiger partial charge on any atom is 0.410 e. The van der Waals surface area contributed by atoms with Gasteiger partial charge < -0.3 is 14.4 Å². The zero-order valence-electron chi connectivity index (χ0n) is 13.4. The van der Waals surface area contributed by atoms with Gasteiger partial charge in [-0.1, -0.05) is 13.8 Å². The SMILES string of the molecule is COC(=O)CC1C(C)CC(C)CN1C(=O)OC(C)(C)C. The molecular formula is C15H27NO4. The molecule has 5 heteroatoms. The number of carbonyl (C=O) groups is 2. The van der Waals surface area contributed by atoms with Crippen LogP contribution in [0, 0.1) is 11.8 Å². The molecule has 0 spiro atoms. The Morgan fingerprint density at radius 3 is 2.35 bits per heavy atom. The van der Waals surface area contributed by atoms with Crippen molar-refractivity contribution in [2.75, 3.05) is 13.7 Å². The second-order valence-corrected chi connectivity index (χ2v) is 6.80. The van der Waals surface area contributed by atoms with Crippen LogP contribution in [0.5, 0.6) is 0 Å². The summed E-state index contributed by atoms with van der Waals surface area (Å²) in [6.07, 6.45) is 0.884. The number of methoxy groups -OCH3 is 1. The molecule has 1 fully saturated rings. The average Bonchev–Trinajstić information content (AvgIpc) is 2.29. The van der Waals surface area contributed by atoms with Crippen LogP contribution in [0.2, 0.25) is 0 Å². The molecule has 1 amide bonds. The molecule has 0 aromatic rings. The van der Waals surface area contributed by atoms with Crippen LogP contribution in [0.1, 0.15) is 47.5 Å². The van der Waals surface area contributed by atoms with Crippen LogP contribution in [0.4, 0.5) is 4.79 Å². The highest BCUT2D eigenvalue weighted by Crippen LogP contribution is 2.30. The van der Waals surface area contributed by atoms with E-state index in [4.69, 9.17) is 9.47 Å². The Bertz CT molecular complexity index is 361. The first-order valence-corrected chi connectivity index (χ1v) is 7.20. The van der Waals surface area contributed by atoms with Gasteiger partial charge in [-0.05, 0) is 39.0 Å². The fourth-order valence-corrected chi connectivity index (χ4v) is 2.74. The fraction of sp³-hybridized carbons (Fsp3) is 0.867. The molecule has 3 unspecified atom stereocenters. The van der Waals surface area contributed by atoms with E-state index in [0.29, 0.717) is 12.5 Å². The number of likely N-dealkylation sites (tertiary alicyclic amines) is 1. The standard InChI is InChI=1S/C15H27NO4/c1-10-7-11(2)12(8-13(17)19-6)16(9-10)14(18)20-15(3,4)5/h10-12H,7-9H2,1-6H3.